The van der Waals surface area contributed by atoms with E-state index >= 15 is 0 Å². The van der Waals surface area contributed by atoms with Crippen molar-refractivity contribution in [1.29, 1.82) is 0 Å². The standard InChI is InChI=1S/2C23H34F2O.C23H32F2O.C6H6O2S.H2/c3*1-3-5-7-8-18-9-11-19(12-10-18)13-14-20-15-16-21(23(25)22(20)24)26-17-6-4-2;7-9(8)6-4-2-1-3-5-6;/h2*13-16,18-19H,3-12,17H2,1-2H3;15-16,18-19H,3-12,17H2,1-2H3;1-5H,(H,7,8);1H/b14-13+;14-13-;;;. The Balaban J connectivity index is 0.000000320. The Bertz CT molecular complexity index is 2550. The van der Waals surface area contributed by atoms with Gasteiger partial charge in [0.15, 0.2) is 45.8 Å². The van der Waals surface area contributed by atoms with Crippen LogP contribution in [0.15, 0.2) is 83.8 Å². The van der Waals surface area contributed by atoms with Crippen molar-refractivity contribution in [3.05, 3.63) is 130 Å². The highest BCUT2D eigenvalue weighted by Gasteiger charge is 2.23. The normalized spacial score (nSPS) is 19.6. The molecule has 7 rings (SSSR count). The SMILES string of the molecule is CCCCCC1CCC(/C=C/c2ccc(OCCCC)c(F)c2F)CC1.CCCCCC1CCC(/C=C\c2ccc(OCCCC)c(F)c2F)CC1.CCCCCC1CCC(C#Cc2ccc(OCCCC)c(F)c2F)CC1.O=S(O)c1ccccc1.[HH]. The second-order valence-electron chi connectivity index (χ2n) is 24.2. The smallest absolute Gasteiger partial charge is 0.201 e. The van der Waals surface area contributed by atoms with Crippen molar-refractivity contribution in [2.75, 3.05) is 19.8 Å². The lowest BCUT2D eigenvalue weighted by molar-refractivity contribution is 0.288. The fourth-order valence-corrected chi connectivity index (χ4v) is 11.9. The molecule has 1 atom stereocenters. The highest BCUT2D eigenvalue weighted by Crippen LogP contribution is 2.36. The van der Waals surface area contributed by atoms with Crippen LogP contribution in [0, 0.1) is 82.3 Å². The molecule has 0 saturated heterocycles. The third-order valence-corrected chi connectivity index (χ3v) is 17.9. The molecule has 3 aliphatic rings. The summed E-state index contributed by atoms with van der Waals surface area (Å²) in [4.78, 5) is 0.442. The molecule has 0 radical (unpaired) electrons. The van der Waals surface area contributed by atoms with Crippen molar-refractivity contribution in [3.63, 3.8) is 0 Å². The molecule has 12 heteroatoms. The number of hydrogen-bond acceptors (Lipinski definition) is 4. The average Bonchev–Trinajstić information content (AvgIpc) is 3.74. The van der Waals surface area contributed by atoms with Gasteiger partial charge in [0.2, 0.25) is 17.5 Å². The van der Waals surface area contributed by atoms with Crippen LogP contribution in [0.2, 0.25) is 0 Å². The molecule has 0 aliphatic heterocycles. The molecule has 4 aromatic carbocycles. The largest absolute Gasteiger partial charge is 0.490 e. The number of benzene rings is 4. The van der Waals surface area contributed by atoms with Crippen molar-refractivity contribution in [2.45, 2.75) is 239 Å². The minimum absolute atomic E-state index is 0. The first-order chi connectivity index (χ1) is 42.3. The molecule has 0 heterocycles. The van der Waals surface area contributed by atoms with Gasteiger partial charge in [-0.15, -0.1) is 0 Å². The van der Waals surface area contributed by atoms with E-state index in [-0.39, 0.29) is 24.2 Å². The summed E-state index contributed by atoms with van der Waals surface area (Å²) in [6.45, 7) is 14.1. The Kier molecular flexibility index (Phi) is 38.1. The molecule has 87 heavy (non-hydrogen) atoms. The lowest BCUT2D eigenvalue weighted by atomic mass is 9.79. The summed E-state index contributed by atoms with van der Waals surface area (Å²) in [5.74, 6) is 4.71. The van der Waals surface area contributed by atoms with E-state index in [9.17, 15) is 30.6 Å². The summed E-state index contributed by atoms with van der Waals surface area (Å²) in [6.07, 6.45) is 43.2. The number of hydrogen-bond donors (Lipinski definition) is 1. The van der Waals surface area contributed by atoms with Crippen molar-refractivity contribution in [1.82, 2.24) is 0 Å². The predicted molar refractivity (Wildman–Crippen MR) is 352 cm³/mol. The highest BCUT2D eigenvalue weighted by atomic mass is 32.2. The van der Waals surface area contributed by atoms with Gasteiger partial charge in [0, 0.05) is 18.5 Å². The highest BCUT2D eigenvalue weighted by molar-refractivity contribution is 7.79. The summed E-state index contributed by atoms with van der Waals surface area (Å²) in [7, 11) is 0. The molecule has 1 N–H and O–H groups in total. The number of rotatable bonds is 29. The van der Waals surface area contributed by atoms with E-state index in [1.54, 1.807) is 66.7 Å². The fraction of sp³-hybridized carbons (Fsp3) is 0.600. The van der Waals surface area contributed by atoms with Gasteiger partial charge in [-0.25, -0.2) is 17.4 Å². The van der Waals surface area contributed by atoms with Crippen LogP contribution in [-0.2, 0) is 11.1 Å². The Labute approximate surface area is 525 Å². The van der Waals surface area contributed by atoms with E-state index in [1.165, 1.54) is 128 Å². The second kappa shape index (κ2) is 44.5. The molecular weight excluding hydrogens is 1130 g/mol. The molecular formula is C75H108F6O5S. The number of halogens is 6. The first kappa shape index (κ1) is 74.5. The van der Waals surface area contributed by atoms with Crippen LogP contribution >= 0.6 is 0 Å². The summed E-state index contributed by atoms with van der Waals surface area (Å²) >= 11 is -1.83. The third kappa shape index (κ3) is 28.6. The third-order valence-electron chi connectivity index (χ3n) is 17.2. The van der Waals surface area contributed by atoms with Gasteiger partial charge < -0.3 is 18.8 Å². The first-order valence-corrected chi connectivity index (χ1v) is 34.7. The van der Waals surface area contributed by atoms with Crippen molar-refractivity contribution in [3.8, 4) is 29.1 Å². The van der Waals surface area contributed by atoms with E-state index < -0.39 is 46.0 Å². The minimum atomic E-state index is -1.83. The monoisotopic (exact) mass is 1230 g/mol. The summed E-state index contributed by atoms with van der Waals surface area (Å²) in [6, 6.07) is 17.8. The molecule has 5 nitrogen and oxygen atoms in total. The molecule has 3 fully saturated rings. The van der Waals surface area contributed by atoms with Crippen LogP contribution in [0.5, 0.6) is 17.2 Å². The number of unbranched alkanes of at least 4 members (excludes halogenated alkanes) is 9. The van der Waals surface area contributed by atoms with E-state index in [0.29, 0.717) is 53.6 Å². The van der Waals surface area contributed by atoms with Crippen molar-refractivity contribution >= 4 is 23.2 Å². The van der Waals surface area contributed by atoms with Crippen LogP contribution in [0.4, 0.5) is 26.3 Å². The maximum Gasteiger partial charge on any atom is 0.201 e. The second-order valence-corrected chi connectivity index (χ2v) is 25.2. The molecule has 0 aromatic heterocycles. The van der Waals surface area contributed by atoms with E-state index in [2.05, 4.69) is 44.8 Å². The van der Waals surface area contributed by atoms with Gasteiger partial charge in [0.05, 0.1) is 30.3 Å². The zero-order valence-corrected chi connectivity index (χ0v) is 54.5. The molecule has 1 unspecified atom stereocenters. The first-order valence-electron chi connectivity index (χ1n) is 33.6. The van der Waals surface area contributed by atoms with Gasteiger partial charge in [-0.3, -0.25) is 0 Å². The van der Waals surface area contributed by atoms with E-state index in [4.69, 9.17) is 18.8 Å². The van der Waals surface area contributed by atoms with Gasteiger partial charge >= 0.3 is 0 Å². The summed E-state index contributed by atoms with van der Waals surface area (Å²) in [5, 5.41) is 0. The minimum Gasteiger partial charge on any atom is -0.490 e. The van der Waals surface area contributed by atoms with Crippen LogP contribution in [0.1, 0.15) is 252 Å². The van der Waals surface area contributed by atoms with Gasteiger partial charge in [0.25, 0.3) is 0 Å². The van der Waals surface area contributed by atoms with Gasteiger partial charge in [-0.1, -0.05) is 192 Å². The maximum absolute atomic E-state index is 14.3. The average molecular weight is 1240 g/mol. The quantitative estimate of drug-likeness (QED) is 0.0254. The number of ether oxygens (including phenoxy) is 3. The van der Waals surface area contributed by atoms with Crippen LogP contribution in [0.3, 0.4) is 0 Å². The zero-order chi connectivity index (χ0) is 63.0. The van der Waals surface area contributed by atoms with Gasteiger partial charge in [0.1, 0.15) is 0 Å². The molecule has 3 saturated carbocycles. The van der Waals surface area contributed by atoms with E-state index in [1.807, 2.05) is 20.8 Å². The fourth-order valence-electron chi connectivity index (χ4n) is 11.5. The Morgan fingerprint density at radius 1 is 0.448 bits per heavy atom. The maximum atomic E-state index is 14.3. The molecule has 0 bridgehead atoms. The molecule has 3 aliphatic carbocycles. The van der Waals surface area contributed by atoms with Crippen molar-refractivity contribution in [2.24, 2.45) is 35.5 Å². The van der Waals surface area contributed by atoms with Gasteiger partial charge in [-0.05, 0) is 174 Å². The summed E-state index contributed by atoms with van der Waals surface area (Å²) in [5.41, 5.74) is 0.765. The molecule has 0 spiro atoms. The molecule has 486 valence electrons. The van der Waals surface area contributed by atoms with Crippen molar-refractivity contribution < 1.29 is 50.7 Å². The lowest BCUT2D eigenvalue weighted by Crippen LogP contribution is -2.13. The van der Waals surface area contributed by atoms with Gasteiger partial charge in [-0.2, -0.15) is 13.2 Å². The molecule has 4 aromatic rings. The van der Waals surface area contributed by atoms with Crippen LogP contribution in [0.25, 0.3) is 12.2 Å². The van der Waals surface area contributed by atoms with Crippen LogP contribution in [-0.4, -0.2) is 28.6 Å². The Hall–Kier alpha value is -4.99. The predicted octanol–water partition coefficient (Wildman–Crippen LogP) is 23.5. The topological polar surface area (TPSA) is 65.0 Å². The Morgan fingerprint density at radius 2 is 0.805 bits per heavy atom. The number of allylic oxidation sites excluding steroid dienone is 2. The van der Waals surface area contributed by atoms with Crippen LogP contribution < -0.4 is 14.2 Å². The zero-order valence-electron chi connectivity index (χ0n) is 53.7. The summed E-state index contributed by atoms with van der Waals surface area (Å²) < 4.78 is 120. The lowest BCUT2D eigenvalue weighted by Gasteiger charge is -2.26. The van der Waals surface area contributed by atoms with E-state index in [0.717, 1.165) is 94.8 Å². The molecule has 0 amide bonds. The Morgan fingerprint density at radius 3 is 1.16 bits per heavy atom.